The number of imidazole rings is 1. The van der Waals surface area contributed by atoms with Gasteiger partial charge in [0.2, 0.25) is 0 Å². The number of hydrogen-bond donors (Lipinski definition) is 0. The third-order valence-corrected chi connectivity index (χ3v) is 5.27. The first-order chi connectivity index (χ1) is 15.8. The van der Waals surface area contributed by atoms with Gasteiger partial charge < -0.3 is 18.6 Å². The minimum Gasteiger partial charge on any atom is -0.466 e. The molecule has 0 aliphatic heterocycles. The number of pyridine rings is 1. The Morgan fingerprint density at radius 3 is 2.52 bits per heavy atom. The predicted octanol–water partition coefficient (Wildman–Crippen LogP) is 5.10. The fourth-order valence-electron chi connectivity index (χ4n) is 3.45. The summed E-state index contributed by atoms with van der Waals surface area (Å²) < 4.78 is 56.7. The van der Waals surface area contributed by atoms with E-state index in [1.807, 2.05) is 0 Å². The van der Waals surface area contributed by atoms with E-state index >= 15 is 0 Å². The standard InChI is InChI=1S/C22H20BrF3N2O5/c1-3-31-18(29)9-13(12-7-5-6-8-16(12)33-22(25)26)20-19(21(30)32-4-2)27-17-10-15(24)14(23)11-28(17)20/h5-8,10-11,13,22H,3-4,9H2,1-2H3. The number of aromatic nitrogens is 2. The Kier molecular flexibility index (Phi) is 7.96. The molecule has 1 unspecified atom stereocenters. The molecular formula is C22H20BrF3N2O5. The van der Waals surface area contributed by atoms with Gasteiger partial charge in [0, 0.05) is 23.7 Å². The van der Waals surface area contributed by atoms with E-state index in [0.29, 0.717) is 0 Å². The van der Waals surface area contributed by atoms with Gasteiger partial charge in [-0.05, 0) is 35.8 Å². The van der Waals surface area contributed by atoms with Crippen molar-refractivity contribution >= 4 is 33.5 Å². The molecule has 2 aromatic heterocycles. The summed E-state index contributed by atoms with van der Waals surface area (Å²) in [5, 5.41) is 0. The summed E-state index contributed by atoms with van der Waals surface area (Å²) in [5.41, 5.74) is 0.214. The molecule has 0 radical (unpaired) electrons. The zero-order chi connectivity index (χ0) is 24.1. The normalized spacial score (nSPS) is 12.1. The van der Waals surface area contributed by atoms with Crippen LogP contribution >= 0.6 is 15.9 Å². The first-order valence-electron chi connectivity index (χ1n) is 10.00. The Balaban J connectivity index is 2.31. The van der Waals surface area contributed by atoms with Crippen molar-refractivity contribution in [2.45, 2.75) is 32.8 Å². The quantitative estimate of drug-likeness (QED) is 0.359. The third-order valence-electron chi connectivity index (χ3n) is 4.69. The fourth-order valence-corrected chi connectivity index (χ4v) is 3.77. The van der Waals surface area contributed by atoms with Crippen LogP contribution in [0.2, 0.25) is 0 Å². The molecule has 3 aromatic rings. The molecule has 0 amide bonds. The van der Waals surface area contributed by atoms with Gasteiger partial charge in [-0.1, -0.05) is 18.2 Å². The second kappa shape index (κ2) is 10.7. The summed E-state index contributed by atoms with van der Waals surface area (Å²) in [6.45, 7) is 0.238. The van der Waals surface area contributed by atoms with Crippen molar-refractivity contribution < 1.29 is 37.0 Å². The topological polar surface area (TPSA) is 79.1 Å². The first-order valence-corrected chi connectivity index (χ1v) is 10.8. The van der Waals surface area contributed by atoms with Crippen LogP contribution in [0.25, 0.3) is 5.65 Å². The van der Waals surface area contributed by atoms with E-state index in [1.165, 1.54) is 28.8 Å². The minimum absolute atomic E-state index is 0.0395. The Hall–Kier alpha value is -3.08. The van der Waals surface area contributed by atoms with Crippen LogP contribution < -0.4 is 4.74 Å². The molecule has 3 rings (SSSR count). The molecule has 7 nitrogen and oxygen atoms in total. The van der Waals surface area contributed by atoms with Crippen molar-refractivity contribution in [1.29, 1.82) is 0 Å². The monoisotopic (exact) mass is 528 g/mol. The second-order valence-corrected chi connectivity index (χ2v) is 7.60. The molecule has 0 fully saturated rings. The van der Waals surface area contributed by atoms with Crippen molar-refractivity contribution in [1.82, 2.24) is 9.38 Å². The molecule has 0 N–H and O–H groups in total. The number of benzene rings is 1. The number of hydrogen-bond acceptors (Lipinski definition) is 6. The molecule has 0 bridgehead atoms. The number of nitrogens with zero attached hydrogens (tertiary/aromatic N) is 2. The SMILES string of the molecule is CCOC(=O)CC(c1ccccc1OC(F)F)c1c(C(=O)OCC)nc2cc(F)c(Br)cn12. The zero-order valence-electron chi connectivity index (χ0n) is 17.7. The highest BCUT2D eigenvalue weighted by Crippen LogP contribution is 2.38. The van der Waals surface area contributed by atoms with Crippen LogP contribution in [-0.2, 0) is 14.3 Å². The lowest BCUT2D eigenvalue weighted by molar-refractivity contribution is -0.143. The van der Waals surface area contributed by atoms with Crippen LogP contribution in [0.1, 0.15) is 47.9 Å². The summed E-state index contributed by atoms with van der Waals surface area (Å²) in [6.07, 6.45) is 1.01. The van der Waals surface area contributed by atoms with E-state index in [0.717, 1.165) is 6.07 Å². The average molecular weight is 529 g/mol. The van der Waals surface area contributed by atoms with Crippen molar-refractivity contribution in [2.24, 2.45) is 0 Å². The van der Waals surface area contributed by atoms with Crippen LogP contribution in [0, 0.1) is 5.82 Å². The van der Waals surface area contributed by atoms with Gasteiger partial charge in [-0.15, -0.1) is 0 Å². The maximum atomic E-state index is 14.2. The van der Waals surface area contributed by atoms with E-state index in [1.54, 1.807) is 19.9 Å². The van der Waals surface area contributed by atoms with E-state index in [4.69, 9.17) is 9.47 Å². The van der Waals surface area contributed by atoms with E-state index in [9.17, 15) is 22.8 Å². The van der Waals surface area contributed by atoms with Crippen molar-refractivity contribution in [3.8, 4) is 5.75 Å². The van der Waals surface area contributed by atoms with Crippen molar-refractivity contribution in [3.05, 3.63) is 63.8 Å². The molecule has 176 valence electrons. The van der Waals surface area contributed by atoms with Crippen molar-refractivity contribution in [2.75, 3.05) is 13.2 Å². The van der Waals surface area contributed by atoms with Crippen LogP contribution in [-0.4, -0.2) is 41.1 Å². The Labute approximate surface area is 195 Å². The Morgan fingerprint density at radius 1 is 1.15 bits per heavy atom. The lowest BCUT2D eigenvalue weighted by atomic mass is 9.90. The minimum atomic E-state index is -3.12. The number of para-hydroxylation sites is 1. The summed E-state index contributed by atoms with van der Waals surface area (Å²) in [7, 11) is 0. The second-order valence-electron chi connectivity index (χ2n) is 6.74. The van der Waals surface area contributed by atoms with Gasteiger partial charge in [-0.2, -0.15) is 8.78 Å². The van der Waals surface area contributed by atoms with Gasteiger partial charge in [0.05, 0.1) is 29.8 Å². The molecule has 0 aliphatic carbocycles. The number of rotatable bonds is 9. The number of alkyl halides is 2. The van der Waals surface area contributed by atoms with Gasteiger partial charge in [0.25, 0.3) is 0 Å². The molecule has 0 aliphatic rings. The van der Waals surface area contributed by atoms with Crippen LogP contribution in [0.15, 0.2) is 41.0 Å². The molecule has 11 heteroatoms. The predicted molar refractivity (Wildman–Crippen MR) is 115 cm³/mol. The molecule has 0 saturated carbocycles. The number of carbonyl (C=O) groups excluding carboxylic acids is 2. The maximum Gasteiger partial charge on any atom is 0.387 e. The number of esters is 2. The Morgan fingerprint density at radius 2 is 1.85 bits per heavy atom. The highest BCUT2D eigenvalue weighted by molar-refractivity contribution is 9.10. The smallest absolute Gasteiger partial charge is 0.387 e. The molecule has 0 spiro atoms. The van der Waals surface area contributed by atoms with Crippen LogP contribution in [0.3, 0.4) is 0 Å². The molecule has 0 saturated heterocycles. The van der Waals surface area contributed by atoms with Crippen LogP contribution in [0.5, 0.6) is 5.75 Å². The molecule has 2 heterocycles. The highest BCUT2D eigenvalue weighted by Gasteiger charge is 2.32. The summed E-state index contributed by atoms with van der Waals surface area (Å²) in [4.78, 5) is 29.4. The maximum absolute atomic E-state index is 14.2. The highest BCUT2D eigenvalue weighted by atomic mass is 79.9. The van der Waals surface area contributed by atoms with Crippen molar-refractivity contribution in [3.63, 3.8) is 0 Å². The lowest BCUT2D eigenvalue weighted by Crippen LogP contribution is -2.18. The molecule has 33 heavy (non-hydrogen) atoms. The molecule has 1 atom stereocenters. The van der Waals surface area contributed by atoms with Gasteiger partial charge >= 0.3 is 18.6 Å². The lowest BCUT2D eigenvalue weighted by Gasteiger charge is -2.21. The fraction of sp³-hybridized carbons (Fsp3) is 0.318. The molecule has 1 aromatic carbocycles. The number of ether oxygens (including phenoxy) is 3. The van der Waals surface area contributed by atoms with Gasteiger partial charge in [-0.3, -0.25) is 4.79 Å². The zero-order valence-corrected chi connectivity index (χ0v) is 19.3. The summed E-state index contributed by atoms with van der Waals surface area (Å²) >= 11 is 3.10. The Bertz CT molecular complexity index is 1170. The number of carbonyl (C=O) groups is 2. The summed E-state index contributed by atoms with van der Waals surface area (Å²) in [5.74, 6) is -3.27. The largest absolute Gasteiger partial charge is 0.466 e. The van der Waals surface area contributed by atoms with E-state index in [-0.39, 0.29) is 52.5 Å². The van der Waals surface area contributed by atoms with E-state index < -0.39 is 30.3 Å². The number of halogens is 4. The first kappa shape index (κ1) is 24.6. The van der Waals surface area contributed by atoms with Gasteiger partial charge in [0.15, 0.2) is 5.69 Å². The van der Waals surface area contributed by atoms with Gasteiger partial charge in [-0.25, -0.2) is 14.2 Å². The van der Waals surface area contributed by atoms with Gasteiger partial charge in [0.1, 0.15) is 17.2 Å². The van der Waals surface area contributed by atoms with Crippen LogP contribution in [0.4, 0.5) is 13.2 Å². The average Bonchev–Trinajstić information content (AvgIpc) is 3.11. The summed E-state index contributed by atoms with van der Waals surface area (Å²) in [6, 6.07) is 6.99. The molecular weight excluding hydrogens is 509 g/mol. The number of fused-ring (bicyclic) bond motifs is 1. The van der Waals surface area contributed by atoms with E-state index in [2.05, 4.69) is 25.7 Å². The third kappa shape index (κ3) is 5.47.